The Morgan fingerprint density at radius 1 is 1.35 bits per heavy atom. The molecule has 0 unspecified atom stereocenters. The first kappa shape index (κ1) is 14.5. The van der Waals surface area contributed by atoms with Gasteiger partial charge in [-0.15, -0.1) is 11.3 Å². The van der Waals surface area contributed by atoms with Crippen molar-refractivity contribution < 1.29 is 10.0 Å². The molecule has 2 rings (SSSR count). The molecule has 0 fully saturated rings. The normalized spacial score (nSPS) is 11.3. The zero-order valence-corrected chi connectivity index (χ0v) is 12.7. The number of benzene rings is 1. The van der Waals surface area contributed by atoms with Crippen LogP contribution in [0.15, 0.2) is 45.3 Å². The van der Waals surface area contributed by atoms with Crippen LogP contribution >= 0.6 is 27.3 Å². The molecule has 4 N–H and O–H groups in total. The summed E-state index contributed by atoms with van der Waals surface area (Å²) < 4.78 is 1.01. The number of oxime groups is 1. The predicted octanol–water partition coefficient (Wildman–Crippen LogP) is 2.54. The van der Waals surface area contributed by atoms with E-state index in [1.165, 1.54) is 0 Å². The Kier molecular flexibility index (Phi) is 4.75. The summed E-state index contributed by atoms with van der Waals surface area (Å²) in [6, 6.07) is 8.49. The number of carbonyl (C=O) groups is 1. The second-order valence-corrected chi connectivity index (χ2v) is 5.89. The zero-order chi connectivity index (χ0) is 14.5. The molecular formula is C13H12BrN3O2S. The Labute approximate surface area is 128 Å². The van der Waals surface area contributed by atoms with Gasteiger partial charge in [0.05, 0.1) is 6.54 Å². The molecule has 20 heavy (non-hydrogen) atoms. The summed E-state index contributed by atoms with van der Waals surface area (Å²) in [4.78, 5) is 13.0. The first-order valence-electron chi connectivity index (χ1n) is 5.69. The minimum absolute atomic E-state index is 0.0143. The highest BCUT2D eigenvalue weighted by atomic mass is 79.9. The van der Waals surface area contributed by atoms with E-state index in [1.54, 1.807) is 35.6 Å². The lowest BCUT2D eigenvalue weighted by atomic mass is 10.1. The van der Waals surface area contributed by atoms with Crippen molar-refractivity contribution in [1.29, 1.82) is 0 Å². The van der Waals surface area contributed by atoms with Crippen molar-refractivity contribution in [2.24, 2.45) is 10.9 Å². The van der Waals surface area contributed by atoms with Gasteiger partial charge in [0.15, 0.2) is 5.84 Å². The van der Waals surface area contributed by atoms with Crippen molar-refractivity contribution in [3.63, 3.8) is 0 Å². The highest BCUT2D eigenvalue weighted by Crippen LogP contribution is 2.19. The molecule has 0 aliphatic heterocycles. The van der Waals surface area contributed by atoms with Crippen LogP contribution in [0.1, 0.15) is 20.8 Å². The second kappa shape index (κ2) is 6.53. The van der Waals surface area contributed by atoms with Crippen LogP contribution in [0.5, 0.6) is 0 Å². The fraction of sp³-hybridized carbons (Fsp3) is 0.0769. The van der Waals surface area contributed by atoms with Gasteiger partial charge in [0.1, 0.15) is 0 Å². The molecule has 0 spiro atoms. The first-order valence-corrected chi connectivity index (χ1v) is 7.36. The molecule has 1 aromatic carbocycles. The lowest BCUT2D eigenvalue weighted by Gasteiger charge is -2.04. The van der Waals surface area contributed by atoms with Crippen molar-refractivity contribution in [3.05, 3.63) is 56.2 Å². The van der Waals surface area contributed by atoms with Gasteiger partial charge in [-0.1, -0.05) is 17.3 Å². The van der Waals surface area contributed by atoms with Crippen LogP contribution in [0.3, 0.4) is 0 Å². The number of nitrogens with zero attached hydrogens (tertiary/aromatic N) is 1. The molecular weight excluding hydrogens is 342 g/mol. The van der Waals surface area contributed by atoms with Crippen molar-refractivity contribution >= 4 is 39.0 Å². The van der Waals surface area contributed by atoms with E-state index in [0.717, 1.165) is 9.35 Å². The molecule has 0 aliphatic rings. The van der Waals surface area contributed by atoms with Crippen LogP contribution in [-0.4, -0.2) is 17.0 Å². The number of rotatable bonds is 4. The molecule has 1 amide bonds. The van der Waals surface area contributed by atoms with Crippen molar-refractivity contribution in [2.45, 2.75) is 6.54 Å². The van der Waals surface area contributed by atoms with Gasteiger partial charge in [-0.25, -0.2) is 0 Å². The van der Waals surface area contributed by atoms with Crippen molar-refractivity contribution in [1.82, 2.24) is 5.32 Å². The van der Waals surface area contributed by atoms with Crippen LogP contribution in [0.25, 0.3) is 0 Å². The number of nitrogens with one attached hydrogen (secondary N) is 1. The van der Waals surface area contributed by atoms with Gasteiger partial charge in [0, 0.05) is 25.9 Å². The molecule has 0 aliphatic carbocycles. The van der Waals surface area contributed by atoms with E-state index < -0.39 is 0 Å². The van der Waals surface area contributed by atoms with Gasteiger partial charge in [0.2, 0.25) is 0 Å². The average molecular weight is 354 g/mol. The van der Waals surface area contributed by atoms with E-state index in [1.807, 2.05) is 11.4 Å². The molecule has 5 nitrogen and oxygen atoms in total. The second-order valence-electron chi connectivity index (χ2n) is 3.98. The molecule has 1 heterocycles. The van der Waals surface area contributed by atoms with Crippen molar-refractivity contribution in [2.75, 3.05) is 0 Å². The summed E-state index contributed by atoms with van der Waals surface area (Å²) in [5, 5.41) is 16.3. The zero-order valence-electron chi connectivity index (χ0n) is 10.3. The summed E-state index contributed by atoms with van der Waals surface area (Å²) in [5.41, 5.74) is 6.54. The van der Waals surface area contributed by atoms with Gasteiger partial charge in [-0.05, 0) is 34.1 Å². The number of carbonyl (C=O) groups excluding carboxylic acids is 1. The fourth-order valence-corrected chi connectivity index (χ4v) is 2.96. The van der Waals surface area contributed by atoms with Crippen LogP contribution in [0.2, 0.25) is 0 Å². The van der Waals surface area contributed by atoms with Gasteiger partial charge < -0.3 is 16.3 Å². The van der Waals surface area contributed by atoms with Crippen LogP contribution < -0.4 is 11.1 Å². The Balaban J connectivity index is 1.99. The number of hydrogen-bond acceptors (Lipinski definition) is 4. The maximum Gasteiger partial charge on any atom is 0.251 e. The molecule has 0 atom stereocenters. The smallest absolute Gasteiger partial charge is 0.251 e. The topological polar surface area (TPSA) is 87.7 Å². The first-order chi connectivity index (χ1) is 9.60. The SMILES string of the molecule is NC(=NO)c1ccc(C(=O)NCc2cc(Br)cs2)cc1. The number of hydrogen-bond donors (Lipinski definition) is 3. The largest absolute Gasteiger partial charge is 0.409 e. The van der Waals surface area contributed by atoms with Gasteiger partial charge in [-0.2, -0.15) is 0 Å². The summed E-state index contributed by atoms with van der Waals surface area (Å²) >= 11 is 4.94. The summed E-state index contributed by atoms with van der Waals surface area (Å²) in [7, 11) is 0. The van der Waals surface area contributed by atoms with E-state index in [0.29, 0.717) is 17.7 Å². The third-order valence-corrected chi connectivity index (χ3v) is 4.29. The molecule has 0 saturated carbocycles. The summed E-state index contributed by atoms with van der Waals surface area (Å²) in [6.07, 6.45) is 0. The number of thiophene rings is 1. The number of halogens is 1. The van der Waals surface area contributed by atoms with E-state index in [4.69, 9.17) is 10.9 Å². The Morgan fingerprint density at radius 3 is 2.55 bits per heavy atom. The highest BCUT2D eigenvalue weighted by molar-refractivity contribution is 9.10. The summed E-state index contributed by atoms with van der Waals surface area (Å²) in [6.45, 7) is 0.483. The molecule has 0 saturated heterocycles. The third-order valence-electron chi connectivity index (χ3n) is 2.60. The minimum Gasteiger partial charge on any atom is -0.409 e. The molecule has 7 heteroatoms. The van der Waals surface area contributed by atoms with Crippen LogP contribution in [0.4, 0.5) is 0 Å². The standard InChI is InChI=1S/C13H12BrN3O2S/c14-10-5-11(20-7-10)6-16-13(18)9-3-1-8(2-4-9)12(15)17-19/h1-5,7,19H,6H2,(H2,15,17)(H,16,18). The number of amidine groups is 1. The van der Waals surface area contributed by atoms with E-state index in [9.17, 15) is 4.79 Å². The fourth-order valence-electron chi connectivity index (χ4n) is 1.57. The molecule has 104 valence electrons. The predicted molar refractivity (Wildman–Crippen MR) is 82.1 cm³/mol. The maximum absolute atomic E-state index is 11.9. The lowest BCUT2D eigenvalue weighted by Crippen LogP contribution is -2.22. The van der Waals surface area contributed by atoms with E-state index in [-0.39, 0.29) is 11.7 Å². The molecule has 2 aromatic rings. The highest BCUT2D eigenvalue weighted by Gasteiger charge is 2.07. The van der Waals surface area contributed by atoms with Gasteiger partial charge in [0.25, 0.3) is 5.91 Å². The van der Waals surface area contributed by atoms with Crippen LogP contribution in [0, 0.1) is 0 Å². The van der Waals surface area contributed by atoms with Gasteiger partial charge >= 0.3 is 0 Å². The average Bonchev–Trinajstić information content (AvgIpc) is 2.89. The Morgan fingerprint density at radius 2 is 2.00 bits per heavy atom. The third kappa shape index (κ3) is 3.58. The maximum atomic E-state index is 11.9. The van der Waals surface area contributed by atoms with E-state index in [2.05, 4.69) is 26.4 Å². The quantitative estimate of drug-likeness (QED) is 0.341. The Hall–Kier alpha value is -1.86. The molecule has 0 radical (unpaired) electrons. The van der Waals surface area contributed by atoms with Gasteiger partial charge in [-0.3, -0.25) is 4.79 Å². The lowest BCUT2D eigenvalue weighted by molar-refractivity contribution is 0.0951. The monoisotopic (exact) mass is 353 g/mol. The number of nitrogens with two attached hydrogens (primary N) is 1. The van der Waals surface area contributed by atoms with Crippen molar-refractivity contribution in [3.8, 4) is 0 Å². The molecule has 0 bridgehead atoms. The van der Waals surface area contributed by atoms with E-state index >= 15 is 0 Å². The summed E-state index contributed by atoms with van der Waals surface area (Å²) in [5.74, 6) is -0.152. The minimum atomic E-state index is -0.166. The number of amides is 1. The van der Waals surface area contributed by atoms with Crippen LogP contribution in [-0.2, 0) is 6.54 Å². The Bertz CT molecular complexity index is 637. The molecule has 1 aromatic heterocycles.